The van der Waals surface area contributed by atoms with Crippen LogP contribution in [0.15, 0.2) is 140 Å². The molecule has 288 valence electrons. The molecule has 6 aromatic carbocycles. The molecule has 0 N–H and O–H groups in total. The van der Waals surface area contributed by atoms with Crippen LogP contribution in [-0.4, -0.2) is 9.55 Å². The SMILES string of the molecule is [2H]c1c([2H])c([2H])c(-c2cnc(-n3c4[c-]c(Oc5[c-]c(N6[CH-]N(c7cc(C(C)(C)C)cc(C(C)(C)C)c7)c7ccccc76)ccc5)ccc4c4ccccc43)cc2C)c([2H])c1[2H].[Pt]. The number of aromatic nitrogens is 2. The Kier molecular flexibility index (Phi) is 8.37. The number of fused-ring (bicyclic) bond motifs is 4. The second kappa shape index (κ2) is 14.7. The van der Waals surface area contributed by atoms with Gasteiger partial charge in [-0.2, -0.15) is 12.1 Å². The normalized spacial score (nSPS) is 14.1. The summed E-state index contributed by atoms with van der Waals surface area (Å²) >= 11 is 0. The smallest absolute Gasteiger partial charge is 0.135 e. The average molecular weight is 930 g/mol. The molecule has 0 saturated carbocycles. The van der Waals surface area contributed by atoms with Crippen LogP contribution in [0.5, 0.6) is 11.5 Å². The van der Waals surface area contributed by atoms with Crippen molar-refractivity contribution in [2.75, 3.05) is 9.80 Å². The van der Waals surface area contributed by atoms with Gasteiger partial charge in [-0.15, -0.1) is 48.1 Å². The fourth-order valence-corrected chi connectivity index (χ4v) is 7.36. The summed E-state index contributed by atoms with van der Waals surface area (Å²) in [5, 5.41) is 1.97. The van der Waals surface area contributed by atoms with Crippen molar-refractivity contribution >= 4 is 44.6 Å². The second-order valence-corrected chi connectivity index (χ2v) is 16.4. The molecule has 1 aliphatic heterocycles. The predicted octanol–water partition coefficient (Wildman–Crippen LogP) is 13.5. The Morgan fingerprint density at radius 3 is 2.05 bits per heavy atom. The summed E-state index contributed by atoms with van der Waals surface area (Å²) in [5.74, 6) is 1.62. The van der Waals surface area contributed by atoms with Gasteiger partial charge < -0.3 is 19.1 Å². The van der Waals surface area contributed by atoms with Gasteiger partial charge in [-0.05, 0) is 81.8 Å². The van der Waals surface area contributed by atoms with Gasteiger partial charge in [0.15, 0.2) is 0 Å². The summed E-state index contributed by atoms with van der Waals surface area (Å²) in [7, 11) is 0. The number of nitrogens with zero attached hydrogens (tertiary/aromatic N) is 4. The van der Waals surface area contributed by atoms with E-state index in [1.54, 1.807) is 6.20 Å². The van der Waals surface area contributed by atoms with E-state index in [0.29, 0.717) is 28.4 Å². The zero-order valence-electron chi connectivity index (χ0n) is 38.0. The maximum atomic E-state index is 8.55. The van der Waals surface area contributed by atoms with Crippen molar-refractivity contribution in [1.82, 2.24) is 9.55 Å². The quantitative estimate of drug-likeness (QED) is 0.156. The van der Waals surface area contributed by atoms with Gasteiger partial charge in [-0.3, -0.25) is 0 Å². The average Bonchev–Trinajstić information content (AvgIpc) is 3.78. The Hall–Kier alpha value is -5.64. The first-order chi connectivity index (χ1) is 29.0. The molecule has 0 amide bonds. The second-order valence-electron chi connectivity index (χ2n) is 16.4. The van der Waals surface area contributed by atoms with Crippen LogP contribution >= 0.6 is 0 Å². The van der Waals surface area contributed by atoms with Crippen LogP contribution in [-0.2, 0) is 31.9 Å². The predicted molar refractivity (Wildman–Crippen MR) is 232 cm³/mol. The van der Waals surface area contributed by atoms with Crippen molar-refractivity contribution in [2.24, 2.45) is 0 Å². The standard InChI is InChI=1S/C51H45N4O.Pt/c1-34-26-49(52-32-44(34)35-16-9-8-10-17-35)55-45-21-12-11-20-42(45)43-25-24-41(31-48(43)55)56-40-19-15-18-38(30-40)53-33-54(47-23-14-13-22-46(47)53)39-28-36(50(2,3)4)27-37(29-39)51(5,6)7;/h8-29,32-33H,1-7H3;/q-3;/i8D,9D,10D,16D,17D;. The molecule has 6 heteroatoms. The van der Waals surface area contributed by atoms with Gasteiger partial charge >= 0.3 is 0 Å². The van der Waals surface area contributed by atoms with Crippen LogP contribution in [0.3, 0.4) is 0 Å². The molecule has 0 atom stereocenters. The fourth-order valence-electron chi connectivity index (χ4n) is 7.36. The van der Waals surface area contributed by atoms with Gasteiger partial charge in [0.25, 0.3) is 0 Å². The molecule has 0 bridgehead atoms. The third-order valence-electron chi connectivity index (χ3n) is 10.4. The summed E-state index contributed by atoms with van der Waals surface area (Å²) in [6, 6.07) is 40.4. The number of para-hydroxylation sites is 3. The van der Waals surface area contributed by atoms with Crippen molar-refractivity contribution in [3.05, 3.63) is 175 Å². The zero-order valence-corrected chi connectivity index (χ0v) is 35.3. The Morgan fingerprint density at radius 2 is 1.35 bits per heavy atom. The van der Waals surface area contributed by atoms with E-state index in [1.165, 1.54) is 11.1 Å². The molecular formula is C51H45N4OPt-3. The zero-order chi connectivity index (χ0) is 43.1. The van der Waals surface area contributed by atoms with Gasteiger partial charge in [-0.1, -0.05) is 114 Å². The minimum absolute atomic E-state index is 0. The molecule has 1 aliphatic rings. The summed E-state index contributed by atoms with van der Waals surface area (Å²) in [5.41, 5.74) is 9.52. The third-order valence-corrected chi connectivity index (χ3v) is 10.4. The van der Waals surface area contributed by atoms with E-state index in [0.717, 1.165) is 44.6 Å². The van der Waals surface area contributed by atoms with E-state index in [2.05, 4.69) is 119 Å². The topological polar surface area (TPSA) is 33.5 Å². The van der Waals surface area contributed by atoms with Gasteiger partial charge in [0, 0.05) is 66.9 Å². The third kappa shape index (κ3) is 7.15. The number of hydrogen-bond acceptors (Lipinski definition) is 4. The van der Waals surface area contributed by atoms with Gasteiger partial charge in [0.1, 0.15) is 5.82 Å². The maximum absolute atomic E-state index is 8.55. The molecule has 8 aromatic rings. The van der Waals surface area contributed by atoms with Crippen LogP contribution in [0.4, 0.5) is 22.7 Å². The van der Waals surface area contributed by atoms with E-state index in [9.17, 15) is 0 Å². The first-order valence-electron chi connectivity index (χ1n) is 21.4. The first-order valence-corrected chi connectivity index (χ1v) is 18.9. The van der Waals surface area contributed by atoms with E-state index in [4.69, 9.17) is 16.6 Å². The number of pyridine rings is 1. The van der Waals surface area contributed by atoms with Crippen LogP contribution < -0.4 is 14.5 Å². The molecule has 0 aliphatic carbocycles. The summed E-state index contributed by atoms with van der Waals surface area (Å²) in [6.07, 6.45) is 1.58. The van der Waals surface area contributed by atoms with Crippen LogP contribution in [0.2, 0.25) is 0 Å². The van der Waals surface area contributed by atoms with E-state index >= 15 is 0 Å². The van der Waals surface area contributed by atoms with Crippen molar-refractivity contribution in [3.8, 4) is 28.4 Å². The largest absolute Gasteiger partial charge is 0.509 e. The van der Waals surface area contributed by atoms with Crippen LogP contribution in [0.1, 0.15) is 65.1 Å². The molecule has 0 unspecified atom stereocenters. The molecular weight excluding hydrogens is 880 g/mol. The summed E-state index contributed by atoms with van der Waals surface area (Å²) in [6.45, 7) is 17.5. The van der Waals surface area contributed by atoms with Crippen molar-refractivity contribution in [2.45, 2.75) is 59.3 Å². The van der Waals surface area contributed by atoms with E-state index in [1.807, 2.05) is 66.1 Å². The monoisotopic (exact) mass is 929 g/mol. The van der Waals surface area contributed by atoms with Crippen molar-refractivity contribution in [3.63, 3.8) is 0 Å². The van der Waals surface area contributed by atoms with Crippen molar-refractivity contribution < 1.29 is 32.7 Å². The summed E-state index contributed by atoms with van der Waals surface area (Å²) < 4.78 is 50.1. The van der Waals surface area contributed by atoms with Crippen molar-refractivity contribution in [1.29, 1.82) is 0 Å². The Balaban J connectivity index is 0.00000529. The molecule has 9 rings (SSSR count). The number of ether oxygens (including phenoxy) is 1. The Bertz CT molecular complexity index is 3000. The van der Waals surface area contributed by atoms with Crippen LogP contribution in [0, 0.1) is 25.7 Å². The number of rotatable bonds is 6. The molecule has 57 heavy (non-hydrogen) atoms. The number of benzene rings is 6. The molecule has 0 spiro atoms. The molecule has 0 radical (unpaired) electrons. The fraction of sp³-hybridized carbons (Fsp3) is 0.176. The Morgan fingerprint density at radius 1 is 0.684 bits per heavy atom. The number of aryl methyl sites for hydroxylation is 1. The summed E-state index contributed by atoms with van der Waals surface area (Å²) in [4.78, 5) is 9.23. The van der Waals surface area contributed by atoms with E-state index < -0.39 is 6.04 Å². The first kappa shape index (κ1) is 32.4. The molecule has 5 nitrogen and oxygen atoms in total. The number of anilines is 4. The van der Waals surface area contributed by atoms with E-state index in [-0.39, 0.29) is 61.6 Å². The Labute approximate surface area is 357 Å². The maximum Gasteiger partial charge on any atom is 0.135 e. The minimum Gasteiger partial charge on any atom is -0.509 e. The van der Waals surface area contributed by atoms with Gasteiger partial charge in [-0.25, -0.2) is 4.98 Å². The molecule has 3 heterocycles. The van der Waals surface area contributed by atoms with Gasteiger partial charge in [0.2, 0.25) is 0 Å². The number of hydrogen-bond donors (Lipinski definition) is 0. The van der Waals surface area contributed by atoms with Crippen LogP contribution in [0.25, 0.3) is 38.8 Å². The van der Waals surface area contributed by atoms with Gasteiger partial charge in [0.05, 0.1) is 6.85 Å². The molecule has 2 aromatic heterocycles. The molecule has 0 saturated heterocycles. The minimum atomic E-state index is -0.428. The molecule has 0 fully saturated rings.